The maximum Gasteiger partial charge on any atom is 0.247 e. The van der Waals surface area contributed by atoms with Crippen LogP contribution in [0.15, 0.2) is 36.9 Å². The van der Waals surface area contributed by atoms with Gasteiger partial charge in [0.05, 0.1) is 6.04 Å². The summed E-state index contributed by atoms with van der Waals surface area (Å²) in [6.07, 6.45) is 3.01. The lowest BCUT2D eigenvalue weighted by atomic mass is 10.0. The number of hydrogen-bond donors (Lipinski definition) is 1. The molecule has 2 unspecified atom stereocenters. The van der Waals surface area contributed by atoms with Crippen LogP contribution in [0.4, 0.5) is 0 Å². The van der Waals surface area contributed by atoms with E-state index >= 15 is 0 Å². The standard InChI is InChI=1S/C15H18ClN5O.ClH/c1-11(21-10-18-9-19-21)15(22)20-6-5-17-8-14(20)12-3-2-4-13(16)7-12;/h2-4,7,9-11,14,17H,5-6,8H2,1H3;1H. The van der Waals surface area contributed by atoms with Crippen LogP contribution in [0.5, 0.6) is 0 Å². The third-order valence-electron chi connectivity index (χ3n) is 3.95. The maximum atomic E-state index is 12.8. The molecule has 2 heterocycles. The normalized spacial score (nSPS) is 19.0. The Morgan fingerprint density at radius 1 is 1.48 bits per heavy atom. The Labute approximate surface area is 146 Å². The van der Waals surface area contributed by atoms with Gasteiger partial charge in [0, 0.05) is 24.7 Å². The molecule has 6 nitrogen and oxygen atoms in total. The van der Waals surface area contributed by atoms with Gasteiger partial charge in [-0.25, -0.2) is 9.67 Å². The molecule has 1 N–H and O–H groups in total. The van der Waals surface area contributed by atoms with Gasteiger partial charge in [0.25, 0.3) is 0 Å². The number of rotatable bonds is 3. The predicted octanol–water partition coefficient (Wildman–Crippen LogP) is 2.09. The molecule has 3 rings (SSSR count). The van der Waals surface area contributed by atoms with Crippen LogP contribution in [0.2, 0.25) is 5.02 Å². The van der Waals surface area contributed by atoms with Crippen LogP contribution in [0.1, 0.15) is 24.6 Å². The molecule has 23 heavy (non-hydrogen) atoms. The summed E-state index contributed by atoms with van der Waals surface area (Å²) in [6, 6.07) is 7.28. The van der Waals surface area contributed by atoms with Crippen molar-refractivity contribution in [3.63, 3.8) is 0 Å². The van der Waals surface area contributed by atoms with Crippen molar-refractivity contribution in [1.82, 2.24) is 25.0 Å². The number of hydrogen-bond acceptors (Lipinski definition) is 4. The van der Waals surface area contributed by atoms with Crippen LogP contribution in [0.25, 0.3) is 0 Å². The average Bonchev–Trinajstić information content (AvgIpc) is 3.08. The first-order valence-corrected chi connectivity index (χ1v) is 7.65. The number of benzene rings is 1. The first-order valence-electron chi connectivity index (χ1n) is 7.27. The molecule has 0 saturated carbocycles. The first kappa shape index (κ1) is 17.7. The summed E-state index contributed by atoms with van der Waals surface area (Å²) >= 11 is 6.09. The van der Waals surface area contributed by atoms with Crippen molar-refractivity contribution in [3.05, 3.63) is 47.5 Å². The largest absolute Gasteiger partial charge is 0.331 e. The lowest BCUT2D eigenvalue weighted by Gasteiger charge is -2.38. The van der Waals surface area contributed by atoms with E-state index in [4.69, 9.17) is 11.6 Å². The highest BCUT2D eigenvalue weighted by molar-refractivity contribution is 6.30. The van der Waals surface area contributed by atoms with Gasteiger partial charge in [0.2, 0.25) is 5.91 Å². The van der Waals surface area contributed by atoms with Crippen molar-refractivity contribution in [2.24, 2.45) is 0 Å². The Kier molecular flexibility index (Phi) is 5.98. The Hall–Kier alpha value is -1.63. The van der Waals surface area contributed by atoms with Crippen LogP contribution < -0.4 is 5.32 Å². The van der Waals surface area contributed by atoms with Crippen LogP contribution in [0, 0.1) is 0 Å². The quantitative estimate of drug-likeness (QED) is 0.915. The molecule has 1 aliphatic heterocycles. The van der Waals surface area contributed by atoms with Crippen molar-refractivity contribution in [2.75, 3.05) is 19.6 Å². The lowest BCUT2D eigenvalue weighted by molar-refractivity contribution is -0.138. The zero-order valence-electron chi connectivity index (χ0n) is 12.7. The zero-order valence-corrected chi connectivity index (χ0v) is 14.3. The van der Waals surface area contributed by atoms with Crippen LogP contribution >= 0.6 is 24.0 Å². The number of amides is 1. The van der Waals surface area contributed by atoms with E-state index < -0.39 is 0 Å². The molecule has 0 spiro atoms. The van der Waals surface area contributed by atoms with Crippen LogP contribution in [-0.2, 0) is 4.79 Å². The van der Waals surface area contributed by atoms with Gasteiger partial charge < -0.3 is 10.2 Å². The summed E-state index contributed by atoms with van der Waals surface area (Å²) in [5.74, 6) is 0.0389. The van der Waals surface area contributed by atoms with E-state index in [1.54, 1.807) is 11.0 Å². The molecular weight excluding hydrogens is 337 g/mol. The monoisotopic (exact) mass is 355 g/mol. The molecule has 1 fully saturated rings. The maximum absolute atomic E-state index is 12.8. The highest BCUT2D eigenvalue weighted by Gasteiger charge is 2.31. The third kappa shape index (κ3) is 3.83. The Morgan fingerprint density at radius 2 is 2.30 bits per heavy atom. The molecule has 8 heteroatoms. The zero-order chi connectivity index (χ0) is 15.5. The van der Waals surface area contributed by atoms with E-state index in [0.717, 1.165) is 18.7 Å². The highest BCUT2D eigenvalue weighted by Crippen LogP contribution is 2.26. The van der Waals surface area contributed by atoms with Gasteiger partial charge in [-0.2, -0.15) is 5.10 Å². The number of carbonyl (C=O) groups is 1. The minimum Gasteiger partial charge on any atom is -0.331 e. The number of nitrogens with zero attached hydrogens (tertiary/aromatic N) is 4. The molecule has 1 aliphatic rings. The summed E-state index contributed by atoms with van der Waals surface area (Å²) in [6.45, 7) is 4.01. The Morgan fingerprint density at radius 3 is 3.00 bits per heavy atom. The van der Waals surface area contributed by atoms with Gasteiger partial charge in [-0.1, -0.05) is 23.7 Å². The molecule has 1 aromatic heterocycles. The summed E-state index contributed by atoms with van der Waals surface area (Å²) in [5, 5.41) is 8.09. The van der Waals surface area contributed by atoms with Gasteiger partial charge in [-0.15, -0.1) is 12.4 Å². The van der Waals surface area contributed by atoms with Gasteiger partial charge in [0.15, 0.2) is 0 Å². The molecule has 1 aromatic carbocycles. The molecule has 0 aliphatic carbocycles. The van der Waals surface area contributed by atoms with E-state index in [-0.39, 0.29) is 30.4 Å². The van der Waals surface area contributed by atoms with Gasteiger partial charge >= 0.3 is 0 Å². The molecular formula is C15H19Cl2N5O. The smallest absolute Gasteiger partial charge is 0.247 e. The molecule has 1 amide bonds. The summed E-state index contributed by atoms with van der Waals surface area (Å²) in [4.78, 5) is 18.6. The Balaban J connectivity index is 0.00000192. The number of carbonyl (C=O) groups excluding carboxylic acids is 1. The highest BCUT2D eigenvalue weighted by atomic mass is 35.5. The van der Waals surface area contributed by atoms with Crippen molar-refractivity contribution < 1.29 is 4.79 Å². The van der Waals surface area contributed by atoms with Gasteiger partial charge in [-0.3, -0.25) is 4.79 Å². The fourth-order valence-electron chi connectivity index (χ4n) is 2.75. The lowest BCUT2D eigenvalue weighted by Crippen LogP contribution is -2.50. The van der Waals surface area contributed by atoms with E-state index in [9.17, 15) is 4.79 Å². The van der Waals surface area contributed by atoms with Crippen molar-refractivity contribution in [1.29, 1.82) is 0 Å². The van der Waals surface area contributed by atoms with Crippen LogP contribution in [-0.4, -0.2) is 45.2 Å². The number of piperazine rings is 1. The second-order valence-electron chi connectivity index (χ2n) is 5.36. The third-order valence-corrected chi connectivity index (χ3v) is 4.19. The second kappa shape index (κ2) is 7.77. The number of nitrogens with one attached hydrogen (secondary N) is 1. The predicted molar refractivity (Wildman–Crippen MR) is 90.8 cm³/mol. The molecule has 2 atom stereocenters. The fraction of sp³-hybridized carbons (Fsp3) is 0.400. The molecule has 0 radical (unpaired) electrons. The number of aromatic nitrogens is 3. The van der Waals surface area contributed by atoms with E-state index in [0.29, 0.717) is 11.6 Å². The molecule has 2 aromatic rings. The topological polar surface area (TPSA) is 63.1 Å². The van der Waals surface area contributed by atoms with Crippen molar-refractivity contribution in [2.45, 2.75) is 19.0 Å². The van der Waals surface area contributed by atoms with Crippen molar-refractivity contribution in [3.8, 4) is 0 Å². The first-order chi connectivity index (χ1) is 10.7. The van der Waals surface area contributed by atoms with Crippen LogP contribution in [0.3, 0.4) is 0 Å². The van der Waals surface area contributed by atoms with Gasteiger partial charge in [-0.05, 0) is 24.6 Å². The van der Waals surface area contributed by atoms with E-state index in [2.05, 4.69) is 15.4 Å². The average molecular weight is 356 g/mol. The van der Waals surface area contributed by atoms with E-state index in [1.807, 2.05) is 36.1 Å². The SMILES string of the molecule is CC(C(=O)N1CCNCC1c1cccc(Cl)c1)n1cncn1.Cl. The summed E-state index contributed by atoms with van der Waals surface area (Å²) in [5.41, 5.74) is 1.04. The second-order valence-corrected chi connectivity index (χ2v) is 5.79. The number of halogens is 2. The van der Waals surface area contributed by atoms with Crippen molar-refractivity contribution >= 4 is 29.9 Å². The summed E-state index contributed by atoms with van der Waals surface area (Å²) < 4.78 is 1.58. The Bertz CT molecular complexity index is 649. The van der Waals surface area contributed by atoms with E-state index in [1.165, 1.54) is 6.33 Å². The minimum absolute atomic E-state index is 0. The molecule has 124 valence electrons. The fourth-order valence-corrected chi connectivity index (χ4v) is 2.95. The summed E-state index contributed by atoms with van der Waals surface area (Å²) in [7, 11) is 0. The molecule has 1 saturated heterocycles. The van der Waals surface area contributed by atoms with Gasteiger partial charge in [0.1, 0.15) is 18.7 Å². The minimum atomic E-state index is -0.373. The molecule has 0 bridgehead atoms.